The van der Waals surface area contributed by atoms with Crippen molar-refractivity contribution in [2.24, 2.45) is 0 Å². The van der Waals surface area contributed by atoms with Crippen LogP contribution in [0.4, 0.5) is 16.2 Å². The van der Waals surface area contributed by atoms with Crippen LogP contribution < -0.4 is 17.0 Å². The summed E-state index contributed by atoms with van der Waals surface area (Å²) in [5.41, 5.74) is 11.1. The van der Waals surface area contributed by atoms with E-state index in [1.54, 1.807) is 0 Å². The summed E-state index contributed by atoms with van der Waals surface area (Å²) in [6, 6.07) is 0. The van der Waals surface area contributed by atoms with Crippen LogP contribution in [0.3, 0.4) is 0 Å². The molecule has 7 N–H and O–H groups in total. The number of hydrogen-bond donors (Lipinski definition) is 6. The molecule has 248 valence electrons. The Morgan fingerprint density at radius 1 is 1.04 bits per heavy atom. The molecule has 3 aliphatic heterocycles. The summed E-state index contributed by atoms with van der Waals surface area (Å²) in [7, 11) is 0. The highest BCUT2D eigenvalue weighted by atomic mass is 32.7. The third kappa shape index (κ3) is 5.53. The Morgan fingerprint density at radius 2 is 1.76 bits per heavy atom. The zero-order valence-corrected chi connectivity index (χ0v) is 26.7. The maximum atomic E-state index is 16.1. The molecule has 2 unspecified atom stereocenters. The van der Waals surface area contributed by atoms with Gasteiger partial charge in [0.1, 0.15) is 42.4 Å². The molecular weight excluding hydrogens is 697 g/mol. The number of halogens is 1. The number of aromatic nitrogens is 8. The molecule has 0 saturated carbocycles. The number of aliphatic hydroxyl groups is 1. The number of aromatic amines is 1. The first kappa shape index (κ1) is 31.9. The Bertz CT molecular complexity index is 1980. The minimum atomic E-state index is -4.37. The van der Waals surface area contributed by atoms with Crippen LogP contribution in [-0.4, -0.2) is 98.4 Å². The van der Waals surface area contributed by atoms with E-state index in [0.29, 0.717) is 0 Å². The molecule has 11 atom stereocenters. The quantitative estimate of drug-likeness (QED) is 0.118. The average molecular weight is 723 g/mol. The lowest BCUT2D eigenvalue weighted by Gasteiger charge is -2.32. The molecule has 25 heteroatoms. The van der Waals surface area contributed by atoms with Crippen molar-refractivity contribution < 1.29 is 46.5 Å². The van der Waals surface area contributed by atoms with Gasteiger partial charge in [0.05, 0.1) is 25.4 Å². The van der Waals surface area contributed by atoms with Gasteiger partial charge in [-0.15, -0.1) is 0 Å². The number of anilines is 2. The Labute approximate surface area is 266 Å². The van der Waals surface area contributed by atoms with Gasteiger partial charge in [0.2, 0.25) is 5.95 Å². The van der Waals surface area contributed by atoms with Crippen LogP contribution >= 0.6 is 25.8 Å². The first-order valence-corrected chi connectivity index (χ1v) is 18.7. The smallest absolute Gasteiger partial charge is 0.386 e. The number of hydrogen-bond acceptors (Lipinski definition) is 17. The van der Waals surface area contributed by atoms with Gasteiger partial charge in [-0.05, 0) is 18.7 Å². The van der Waals surface area contributed by atoms with E-state index in [0.717, 1.165) is 10.9 Å². The van der Waals surface area contributed by atoms with Crippen molar-refractivity contribution in [1.29, 1.82) is 0 Å². The second-order valence-corrected chi connectivity index (χ2v) is 16.2. The molecule has 7 rings (SSSR count). The summed E-state index contributed by atoms with van der Waals surface area (Å²) >= 11 is 9.31. The van der Waals surface area contributed by atoms with E-state index in [4.69, 9.17) is 50.8 Å². The van der Waals surface area contributed by atoms with Gasteiger partial charge in [0, 0.05) is 0 Å². The SMILES string of the molecule is C[C@@H]1OP(O)(=S)O[C@H]2[C@@H](F)[C@H](n3cnc4c(=O)[nH]c(N)nc43)O[C@@H]2COP(=O)(S)O[C@H]2[C@@H](O)[C@H](n3cnc4c(N)ncnc43)O[C@@H]21. The van der Waals surface area contributed by atoms with Crippen molar-refractivity contribution in [2.45, 2.75) is 62.2 Å². The summed E-state index contributed by atoms with van der Waals surface area (Å²) in [5.74, 6) is -0.172. The molecule has 46 heavy (non-hydrogen) atoms. The summed E-state index contributed by atoms with van der Waals surface area (Å²) in [6.07, 6.45) is -9.77. The van der Waals surface area contributed by atoms with Gasteiger partial charge in [0.15, 0.2) is 41.3 Å². The van der Waals surface area contributed by atoms with Crippen LogP contribution in [0.1, 0.15) is 19.4 Å². The molecule has 3 aliphatic rings. The molecule has 0 radical (unpaired) electrons. The lowest BCUT2D eigenvalue weighted by molar-refractivity contribution is -0.0793. The molecule has 3 fully saturated rings. The molecule has 0 aromatic carbocycles. The number of fused-ring (bicyclic) bond motifs is 4. The van der Waals surface area contributed by atoms with Gasteiger partial charge in [-0.2, -0.15) is 4.98 Å². The highest BCUT2D eigenvalue weighted by molar-refractivity contribution is 8.44. The number of ether oxygens (including phenoxy) is 2. The minimum Gasteiger partial charge on any atom is -0.386 e. The predicted octanol–water partition coefficient (Wildman–Crippen LogP) is 0.0781. The fraction of sp³-hybridized carbons (Fsp3) is 0.524. The number of nitrogens with zero attached hydrogens (tertiary/aromatic N) is 7. The Hall–Kier alpha value is -2.66. The van der Waals surface area contributed by atoms with Crippen molar-refractivity contribution in [3.8, 4) is 0 Å². The molecule has 0 spiro atoms. The standard InChI is InChI=1S/C21H25FN10O10P2S2/c1-6-12-14(11(33)20(39-12)31-4-27-9-15(23)25-3-26-16(9)31)42-43(35,45)37-2-7-13(41-44(36,46)40-6)8(22)19(38-7)32-5-28-10-17(32)29-21(24)30-18(10)34/h3-8,11-14,19-20,33H,2H2,1H3,(H,35,45)(H,36,46)(H2,23,25,26)(H3,24,29,30,34)/t6-,7+,8+,11+,12+,13+,14-,19+,20+,43?,44?/m0/s1. The number of nitrogens with two attached hydrogens (primary N) is 2. The van der Waals surface area contributed by atoms with Crippen LogP contribution in [0, 0.1) is 0 Å². The maximum absolute atomic E-state index is 16.1. The summed E-state index contributed by atoms with van der Waals surface area (Å²) in [4.78, 5) is 45.8. The number of nitrogen functional groups attached to an aromatic ring is 2. The summed E-state index contributed by atoms with van der Waals surface area (Å²) in [5, 5.41) is 11.3. The molecule has 4 aromatic rings. The van der Waals surface area contributed by atoms with Crippen molar-refractivity contribution in [3.05, 3.63) is 29.3 Å². The highest BCUT2D eigenvalue weighted by Crippen LogP contribution is 2.59. The average Bonchev–Trinajstić information content (AvgIpc) is 3.73. The van der Waals surface area contributed by atoms with Gasteiger partial charge in [-0.1, -0.05) is 12.2 Å². The minimum absolute atomic E-state index is 0.0820. The maximum Gasteiger partial charge on any atom is 0.386 e. The fourth-order valence-corrected chi connectivity index (χ4v) is 8.90. The van der Waals surface area contributed by atoms with Gasteiger partial charge in [-0.3, -0.25) is 32.5 Å². The number of alkyl halides is 1. The predicted molar refractivity (Wildman–Crippen MR) is 160 cm³/mol. The van der Waals surface area contributed by atoms with E-state index in [1.165, 1.54) is 24.1 Å². The first-order chi connectivity index (χ1) is 21.7. The lowest BCUT2D eigenvalue weighted by Crippen LogP contribution is -2.41. The van der Waals surface area contributed by atoms with Crippen LogP contribution in [0.5, 0.6) is 0 Å². The molecule has 7 heterocycles. The monoisotopic (exact) mass is 722 g/mol. The van der Waals surface area contributed by atoms with Gasteiger partial charge < -0.3 is 35.5 Å². The topological polar surface area (TPSA) is 272 Å². The number of rotatable bonds is 2. The second-order valence-electron chi connectivity index (χ2n) is 10.5. The fourth-order valence-electron chi connectivity index (χ4n) is 5.57. The third-order valence-corrected chi connectivity index (χ3v) is 10.8. The largest absolute Gasteiger partial charge is 0.386 e. The molecule has 0 bridgehead atoms. The van der Waals surface area contributed by atoms with E-state index >= 15 is 4.39 Å². The number of H-pyrrole nitrogens is 1. The Kier molecular flexibility index (Phi) is 7.98. The van der Waals surface area contributed by atoms with Crippen molar-refractivity contribution in [1.82, 2.24) is 39.0 Å². The van der Waals surface area contributed by atoms with Gasteiger partial charge >= 0.3 is 13.5 Å². The summed E-state index contributed by atoms with van der Waals surface area (Å²) < 4.78 is 66.5. The van der Waals surface area contributed by atoms with Crippen molar-refractivity contribution in [3.63, 3.8) is 0 Å². The van der Waals surface area contributed by atoms with Gasteiger partial charge in [0.25, 0.3) is 5.56 Å². The molecule has 4 aromatic heterocycles. The third-order valence-electron chi connectivity index (χ3n) is 7.58. The number of thiol groups is 1. The van der Waals surface area contributed by atoms with Gasteiger partial charge in [-0.25, -0.2) is 28.9 Å². The second kappa shape index (κ2) is 11.5. The number of nitrogens with one attached hydrogen (secondary N) is 1. The molecule has 0 amide bonds. The van der Waals surface area contributed by atoms with E-state index in [2.05, 4.69) is 42.2 Å². The van der Waals surface area contributed by atoms with Crippen LogP contribution in [0.2, 0.25) is 0 Å². The Morgan fingerprint density at radius 3 is 2.52 bits per heavy atom. The first-order valence-electron chi connectivity index (χ1n) is 13.4. The molecule has 3 saturated heterocycles. The van der Waals surface area contributed by atoms with E-state index in [-0.39, 0.29) is 34.1 Å². The van der Waals surface area contributed by atoms with E-state index < -0.39 is 80.9 Å². The highest BCUT2D eigenvalue weighted by Gasteiger charge is 2.55. The zero-order chi connectivity index (χ0) is 32.7. The molecular formula is C21H25FN10O10P2S2. The Balaban J connectivity index is 1.19. The number of imidazole rings is 2. The zero-order valence-electron chi connectivity index (χ0n) is 23.2. The van der Waals surface area contributed by atoms with E-state index in [9.17, 15) is 19.4 Å². The number of aliphatic hydroxyl groups excluding tert-OH is 1. The van der Waals surface area contributed by atoms with Crippen LogP contribution in [0.25, 0.3) is 22.3 Å². The van der Waals surface area contributed by atoms with Crippen LogP contribution in [0.15, 0.2) is 23.8 Å². The summed E-state index contributed by atoms with van der Waals surface area (Å²) in [6.45, 7) is -7.92. The normalized spacial score (nSPS) is 38.8. The molecule has 0 aliphatic carbocycles. The van der Waals surface area contributed by atoms with Crippen LogP contribution in [-0.2, 0) is 43.9 Å². The molecule has 20 nitrogen and oxygen atoms in total. The van der Waals surface area contributed by atoms with Crippen molar-refractivity contribution >= 4 is 71.7 Å². The van der Waals surface area contributed by atoms with Crippen molar-refractivity contribution in [2.75, 3.05) is 18.1 Å². The lowest BCUT2D eigenvalue weighted by atomic mass is 10.1. The van der Waals surface area contributed by atoms with E-state index in [1.807, 2.05) is 0 Å².